The molecule has 0 saturated heterocycles. The number of nitrogens with zero attached hydrogens (tertiary/aromatic N) is 6. The van der Waals surface area contributed by atoms with Crippen molar-refractivity contribution in [3.05, 3.63) is 60.3 Å². The molecule has 3 aromatic heterocycles. The van der Waals surface area contributed by atoms with Crippen molar-refractivity contribution in [2.24, 2.45) is 0 Å². The zero-order chi connectivity index (χ0) is 24.2. The fourth-order valence-corrected chi connectivity index (χ4v) is 3.48. The summed E-state index contributed by atoms with van der Waals surface area (Å²) in [5.74, 6) is -0.168. The van der Waals surface area contributed by atoms with E-state index in [0.717, 1.165) is 5.56 Å². The van der Waals surface area contributed by atoms with E-state index in [9.17, 15) is 19.9 Å². The highest BCUT2D eigenvalue weighted by Gasteiger charge is 2.19. The number of aliphatic hydroxyl groups is 1. The number of pyridine rings is 1. The number of benzene rings is 1. The van der Waals surface area contributed by atoms with Crippen LogP contribution >= 0.6 is 0 Å². The number of nitriles is 1. The number of aryl methyl sites for hydroxylation is 1. The van der Waals surface area contributed by atoms with Gasteiger partial charge in [-0.2, -0.15) is 14.8 Å². The number of halogens is 1. The number of phenols is 1. The molecule has 1 aromatic carbocycles. The van der Waals surface area contributed by atoms with Crippen molar-refractivity contribution in [1.82, 2.24) is 24.7 Å². The second-order valence-electron chi connectivity index (χ2n) is 7.84. The van der Waals surface area contributed by atoms with Gasteiger partial charge in [-0.1, -0.05) is 0 Å². The number of hydrogen-bond acceptors (Lipinski definition) is 8. The molecule has 10 heteroatoms. The first kappa shape index (κ1) is 22.8. The van der Waals surface area contributed by atoms with E-state index in [1.54, 1.807) is 37.4 Å². The van der Waals surface area contributed by atoms with Crippen LogP contribution in [0.5, 0.6) is 5.75 Å². The van der Waals surface area contributed by atoms with Crippen molar-refractivity contribution < 1.29 is 14.6 Å². The van der Waals surface area contributed by atoms with Gasteiger partial charge in [0.05, 0.1) is 23.4 Å². The van der Waals surface area contributed by atoms with Crippen molar-refractivity contribution in [2.45, 2.75) is 26.5 Å². The normalized spacial score (nSPS) is 11.7. The standard InChI is InChI=1S/C24H22FN7O2/c1-14-8-16(10-17(34)9-14)22-19(13-32(31-22)7-5-26)20-11-21(28-12-15(2)33)30-24(29-20)18-4-3-6-27-23(18)25/h3-4,6,8-11,13,15,33-34H,7,12H2,1-2H3,(H,28,29,30)/t15-/m0/s1. The van der Waals surface area contributed by atoms with Gasteiger partial charge < -0.3 is 15.5 Å². The molecule has 0 bridgehead atoms. The summed E-state index contributed by atoms with van der Waals surface area (Å²) in [7, 11) is 0. The Bertz CT molecular complexity index is 1360. The highest BCUT2D eigenvalue weighted by atomic mass is 19.1. The molecule has 4 aromatic rings. The van der Waals surface area contributed by atoms with Crippen LogP contribution in [0.1, 0.15) is 12.5 Å². The Hall–Kier alpha value is -4.36. The molecule has 0 aliphatic rings. The molecule has 9 nitrogen and oxygen atoms in total. The molecule has 0 aliphatic carbocycles. The number of phenolic OH excluding ortho intramolecular Hbond substituents is 1. The molecule has 3 N–H and O–H groups in total. The fraction of sp³-hybridized carbons (Fsp3) is 0.208. The summed E-state index contributed by atoms with van der Waals surface area (Å²) in [6.45, 7) is 3.71. The van der Waals surface area contributed by atoms with Gasteiger partial charge in [-0.15, -0.1) is 0 Å². The van der Waals surface area contributed by atoms with Crippen LogP contribution in [0.2, 0.25) is 0 Å². The van der Waals surface area contributed by atoms with Gasteiger partial charge in [0.15, 0.2) is 5.82 Å². The number of hydrogen-bond donors (Lipinski definition) is 3. The summed E-state index contributed by atoms with van der Waals surface area (Å²) in [6.07, 6.45) is 2.37. The quantitative estimate of drug-likeness (QED) is 0.358. The van der Waals surface area contributed by atoms with Crippen LogP contribution in [0.25, 0.3) is 33.9 Å². The molecule has 0 fully saturated rings. The zero-order valence-electron chi connectivity index (χ0n) is 18.6. The third-order valence-corrected chi connectivity index (χ3v) is 4.91. The second kappa shape index (κ2) is 9.64. The molecule has 3 heterocycles. The average Bonchev–Trinajstić information content (AvgIpc) is 3.21. The SMILES string of the molecule is Cc1cc(O)cc(-c2nn(CC#N)cc2-c2cc(NC[C@H](C)O)nc(-c3cccnc3F)n2)c1. The summed E-state index contributed by atoms with van der Waals surface area (Å²) in [5, 5.41) is 36.6. The molecule has 34 heavy (non-hydrogen) atoms. The van der Waals surface area contributed by atoms with Crippen molar-refractivity contribution in [1.29, 1.82) is 5.26 Å². The molecule has 0 aliphatic heterocycles. The molecular weight excluding hydrogens is 437 g/mol. The van der Waals surface area contributed by atoms with Crippen molar-refractivity contribution in [3.8, 4) is 45.7 Å². The highest BCUT2D eigenvalue weighted by Crippen LogP contribution is 2.34. The van der Waals surface area contributed by atoms with Gasteiger partial charge >= 0.3 is 0 Å². The highest BCUT2D eigenvalue weighted by molar-refractivity contribution is 5.81. The fourth-order valence-electron chi connectivity index (χ4n) is 3.48. The summed E-state index contributed by atoms with van der Waals surface area (Å²) in [6, 6.07) is 11.9. The molecular formula is C24H22FN7O2. The first-order valence-corrected chi connectivity index (χ1v) is 10.5. The van der Waals surface area contributed by atoms with Crippen LogP contribution in [-0.4, -0.2) is 47.6 Å². The van der Waals surface area contributed by atoms with Crippen LogP contribution < -0.4 is 5.32 Å². The van der Waals surface area contributed by atoms with Gasteiger partial charge in [-0.3, -0.25) is 4.68 Å². The second-order valence-corrected chi connectivity index (χ2v) is 7.84. The van der Waals surface area contributed by atoms with Gasteiger partial charge in [-0.05, 0) is 49.7 Å². The molecule has 0 unspecified atom stereocenters. The molecule has 1 atom stereocenters. The lowest BCUT2D eigenvalue weighted by atomic mass is 10.0. The lowest BCUT2D eigenvalue weighted by Crippen LogP contribution is -2.16. The first-order chi connectivity index (χ1) is 16.3. The maximum atomic E-state index is 14.5. The topological polar surface area (TPSA) is 133 Å². The van der Waals surface area contributed by atoms with Crippen molar-refractivity contribution in [3.63, 3.8) is 0 Å². The number of nitrogens with one attached hydrogen (secondary N) is 1. The maximum absolute atomic E-state index is 14.5. The molecule has 0 saturated carbocycles. The number of aromatic hydroxyl groups is 1. The van der Waals surface area contributed by atoms with Crippen molar-refractivity contribution in [2.75, 3.05) is 11.9 Å². The predicted molar refractivity (Wildman–Crippen MR) is 124 cm³/mol. The van der Waals surface area contributed by atoms with Gasteiger partial charge in [0.2, 0.25) is 5.95 Å². The largest absolute Gasteiger partial charge is 0.508 e. The Balaban J connectivity index is 1.92. The van der Waals surface area contributed by atoms with E-state index in [2.05, 4.69) is 31.4 Å². The summed E-state index contributed by atoms with van der Waals surface area (Å²) in [5.41, 5.74) is 3.05. The Kier molecular flexibility index (Phi) is 6.47. The number of aliphatic hydroxyl groups excluding tert-OH is 1. The molecule has 4 rings (SSSR count). The summed E-state index contributed by atoms with van der Waals surface area (Å²) >= 11 is 0. The molecule has 172 valence electrons. The number of anilines is 1. The number of rotatable bonds is 7. The van der Waals surface area contributed by atoms with Crippen LogP contribution in [0, 0.1) is 24.2 Å². The minimum Gasteiger partial charge on any atom is -0.508 e. The van der Waals surface area contributed by atoms with Crippen LogP contribution in [0.4, 0.5) is 10.2 Å². The van der Waals surface area contributed by atoms with E-state index in [4.69, 9.17) is 0 Å². The maximum Gasteiger partial charge on any atom is 0.223 e. The number of aromatic nitrogens is 5. The Morgan fingerprint density at radius 2 is 2.03 bits per heavy atom. The third kappa shape index (κ3) is 5.00. The average molecular weight is 459 g/mol. The van der Waals surface area contributed by atoms with Gasteiger partial charge in [-0.25, -0.2) is 15.0 Å². The van der Waals surface area contributed by atoms with Crippen molar-refractivity contribution >= 4 is 5.82 Å². The van der Waals surface area contributed by atoms with Crippen LogP contribution in [0.3, 0.4) is 0 Å². The van der Waals surface area contributed by atoms with E-state index in [0.29, 0.717) is 28.3 Å². The summed E-state index contributed by atoms with van der Waals surface area (Å²) < 4.78 is 15.9. The Morgan fingerprint density at radius 3 is 2.74 bits per heavy atom. The van der Waals surface area contributed by atoms with E-state index >= 15 is 0 Å². The van der Waals surface area contributed by atoms with E-state index in [1.165, 1.54) is 16.9 Å². The van der Waals surface area contributed by atoms with Crippen LogP contribution in [-0.2, 0) is 6.54 Å². The van der Waals surface area contributed by atoms with E-state index in [1.807, 2.05) is 13.0 Å². The Morgan fingerprint density at radius 1 is 1.21 bits per heavy atom. The third-order valence-electron chi connectivity index (χ3n) is 4.91. The van der Waals surface area contributed by atoms with E-state index < -0.39 is 12.1 Å². The minimum absolute atomic E-state index is 0.00705. The van der Waals surface area contributed by atoms with E-state index in [-0.39, 0.29) is 30.2 Å². The Labute approximate surface area is 195 Å². The molecule has 0 radical (unpaired) electrons. The monoisotopic (exact) mass is 459 g/mol. The molecule has 0 spiro atoms. The van der Waals surface area contributed by atoms with Gasteiger partial charge in [0, 0.05) is 36.1 Å². The lowest BCUT2D eigenvalue weighted by molar-refractivity contribution is 0.208. The van der Waals surface area contributed by atoms with Gasteiger partial charge in [0.25, 0.3) is 0 Å². The smallest absolute Gasteiger partial charge is 0.223 e. The summed E-state index contributed by atoms with van der Waals surface area (Å²) in [4.78, 5) is 12.7. The minimum atomic E-state index is -0.717. The predicted octanol–water partition coefficient (Wildman–Crippen LogP) is 3.54. The van der Waals surface area contributed by atoms with Gasteiger partial charge in [0.1, 0.15) is 23.8 Å². The molecule has 0 amide bonds. The zero-order valence-corrected chi connectivity index (χ0v) is 18.6. The lowest BCUT2D eigenvalue weighted by Gasteiger charge is -2.12. The first-order valence-electron chi connectivity index (χ1n) is 10.5. The van der Waals surface area contributed by atoms with Crippen LogP contribution in [0.15, 0.2) is 48.8 Å².